The van der Waals surface area contributed by atoms with Gasteiger partial charge < -0.3 is 0 Å². The zero-order valence-corrected chi connectivity index (χ0v) is 12.3. The summed E-state index contributed by atoms with van der Waals surface area (Å²) < 4.78 is 0. The second-order valence-corrected chi connectivity index (χ2v) is 5.47. The van der Waals surface area contributed by atoms with Crippen LogP contribution in [0.4, 0.5) is 0 Å². The van der Waals surface area contributed by atoms with Gasteiger partial charge in [-0.05, 0) is 38.1 Å². The number of carbonyl (C=O) groups is 1. The molecule has 1 aromatic heterocycles. The van der Waals surface area contributed by atoms with Crippen molar-refractivity contribution in [3.63, 3.8) is 0 Å². The van der Waals surface area contributed by atoms with Crippen LogP contribution in [-0.4, -0.2) is 10.8 Å². The van der Waals surface area contributed by atoms with Crippen molar-refractivity contribution in [2.45, 2.75) is 20.3 Å². The number of pyridine rings is 1. The third-order valence-corrected chi connectivity index (χ3v) is 3.54. The van der Waals surface area contributed by atoms with E-state index in [1.165, 1.54) is 0 Å². The fourth-order valence-corrected chi connectivity index (χ4v) is 2.61. The maximum atomic E-state index is 12.4. The number of carbonyl (C=O) groups excluding carboxylic acids is 1. The summed E-state index contributed by atoms with van der Waals surface area (Å²) >= 11 is 0. The number of hydrogen-bond acceptors (Lipinski definition) is 2. The number of nitrogens with zero attached hydrogens (tertiary/aromatic N) is 1. The highest BCUT2D eigenvalue weighted by Crippen LogP contribution is 2.15. The second kappa shape index (κ2) is 5.49. The predicted molar refractivity (Wildman–Crippen MR) is 85.7 cm³/mol. The van der Waals surface area contributed by atoms with Gasteiger partial charge in [0.15, 0.2) is 5.78 Å². The van der Waals surface area contributed by atoms with E-state index in [4.69, 9.17) is 0 Å². The van der Waals surface area contributed by atoms with Gasteiger partial charge in [-0.3, -0.25) is 9.78 Å². The van der Waals surface area contributed by atoms with Crippen molar-refractivity contribution >= 4 is 16.7 Å². The third kappa shape index (κ3) is 3.00. The van der Waals surface area contributed by atoms with Crippen LogP contribution < -0.4 is 0 Å². The van der Waals surface area contributed by atoms with Gasteiger partial charge in [0.1, 0.15) is 0 Å². The van der Waals surface area contributed by atoms with Gasteiger partial charge in [-0.25, -0.2) is 0 Å². The number of benzene rings is 2. The number of aromatic nitrogens is 1. The Labute approximate surface area is 124 Å². The molecule has 0 radical (unpaired) electrons. The average Bonchev–Trinajstić information content (AvgIpc) is 2.46. The quantitative estimate of drug-likeness (QED) is 0.668. The van der Waals surface area contributed by atoms with Gasteiger partial charge in [-0.15, -0.1) is 0 Å². The highest BCUT2D eigenvalue weighted by molar-refractivity contribution is 5.97. The Balaban J connectivity index is 1.88. The van der Waals surface area contributed by atoms with Gasteiger partial charge in [0.05, 0.1) is 11.9 Å². The summed E-state index contributed by atoms with van der Waals surface area (Å²) in [5, 5.41) is 1.10. The molecule has 0 fully saturated rings. The summed E-state index contributed by atoms with van der Waals surface area (Å²) in [6.07, 6.45) is 0.341. The van der Waals surface area contributed by atoms with Crippen molar-refractivity contribution in [2.24, 2.45) is 0 Å². The van der Waals surface area contributed by atoms with E-state index in [-0.39, 0.29) is 5.78 Å². The fraction of sp³-hybridized carbons (Fsp3) is 0.158. The molecule has 0 atom stereocenters. The summed E-state index contributed by atoms with van der Waals surface area (Å²) in [5.41, 5.74) is 4.75. The van der Waals surface area contributed by atoms with Crippen LogP contribution in [-0.2, 0) is 6.42 Å². The zero-order valence-electron chi connectivity index (χ0n) is 12.3. The van der Waals surface area contributed by atoms with Crippen molar-refractivity contribution in [3.05, 3.63) is 77.0 Å². The number of rotatable bonds is 3. The maximum Gasteiger partial charge on any atom is 0.168 e. The topological polar surface area (TPSA) is 30.0 Å². The maximum absolute atomic E-state index is 12.4. The van der Waals surface area contributed by atoms with E-state index < -0.39 is 0 Å². The Morgan fingerprint density at radius 3 is 2.43 bits per heavy atom. The predicted octanol–water partition coefficient (Wildman–Crippen LogP) is 4.28. The van der Waals surface area contributed by atoms with E-state index in [0.29, 0.717) is 6.42 Å². The number of hydrogen-bond donors (Lipinski definition) is 0. The van der Waals surface area contributed by atoms with Crippen molar-refractivity contribution < 1.29 is 4.79 Å². The number of fused-ring (bicyclic) bond motifs is 1. The van der Waals surface area contributed by atoms with Gasteiger partial charge in [0.25, 0.3) is 0 Å². The zero-order chi connectivity index (χ0) is 14.8. The van der Waals surface area contributed by atoms with Crippen LogP contribution in [0.3, 0.4) is 0 Å². The van der Waals surface area contributed by atoms with E-state index in [1.807, 2.05) is 62.4 Å². The molecule has 0 N–H and O–H groups in total. The van der Waals surface area contributed by atoms with Crippen molar-refractivity contribution in [1.82, 2.24) is 4.98 Å². The Morgan fingerprint density at radius 2 is 1.67 bits per heavy atom. The number of para-hydroxylation sites is 1. The molecule has 0 spiro atoms. The molecule has 2 aromatic carbocycles. The molecule has 21 heavy (non-hydrogen) atoms. The van der Waals surface area contributed by atoms with E-state index in [9.17, 15) is 4.79 Å². The Kier molecular flexibility index (Phi) is 3.53. The molecule has 0 aliphatic carbocycles. The summed E-state index contributed by atoms with van der Waals surface area (Å²) in [7, 11) is 0. The van der Waals surface area contributed by atoms with Crippen LogP contribution in [0.25, 0.3) is 10.9 Å². The minimum atomic E-state index is 0.115. The number of ketones is 1. The molecule has 0 saturated heterocycles. The van der Waals surface area contributed by atoms with Gasteiger partial charge in [0.2, 0.25) is 0 Å². The molecule has 0 bridgehead atoms. The van der Waals surface area contributed by atoms with Gasteiger partial charge in [0, 0.05) is 16.6 Å². The molecule has 0 unspecified atom stereocenters. The molecule has 3 rings (SSSR count). The van der Waals surface area contributed by atoms with E-state index >= 15 is 0 Å². The van der Waals surface area contributed by atoms with E-state index in [1.54, 1.807) is 0 Å². The Morgan fingerprint density at radius 1 is 0.952 bits per heavy atom. The summed E-state index contributed by atoms with van der Waals surface area (Å²) in [4.78, 5) is 17.0. The lowest BCUT2D eigenvalue weighted by molar-refractivity contribution is 0.0992. The molecule has 0 aliphatic heterocycles. The summed E-state index contributed by atoms with van der Waals surface area (Å²) in [6, 6.07) is 17.9. The molecule has 0 aliphatic rings. The van der Waals surface area contributed by atoms with Crippen molar-refractivity contribution in [1.29, 1.82) is 0 Å². The van der Waals surface area contributed by atoms with Crippen LogP contribution in [0.5, 0.6) is 0 Å². The molecule has 2 heteroatoms. The molecule has 2 nitrogen and oxygen atoms in total. The molecule has 104 valence electrons. The van der Waals surface area contributed by atoms with Crippen LogP contribution in [0, 0.1) is 13.8 Å². The lowest BCUT2D eigenvalue weighted by Crippen LogP contribution is -2.06. The first kappa shape index (κ1) is 13.5. The largest absolute Gasteiger partial charge is 0.294 e. The highest BCUT2D eigenvalue weighted by Gasteiger charge is 2.09. The van der Waals surface area contributed by atoms with E-state index in [2.05, 4.69) is 11.1 Å². The molecule has 1 heterocycles. The first-order chi connectivity index (χ1) is 10.1. The average molecular weight is 275 g/mol. The first-order valence-corrected chi connectivity index (χ1v) is 7.08. The number of Topliss-reactive ketones (excluding diaryl/α,β-unsaturated/α-hetero) is 1. The molecule has 3 aromatic rings. The second-order valence-electron chi connectivity index (χ2n) is 5.47. The standard InChI is InChI=1S/C19H17NO/c1-13-9-14(2)11-16(10-13)19(21)12-17-8-7-15-5-3-4-6-18(15)20-17/h3-11H,12H2,1-2H3. The van der Waals surface area contributed by atoms with Crippen molar-refractivity contribution in [3.8, 4) is 0 Å². The smallest absolute Gasteiger partial charge is 0.168 e. The van der Waals surface area contributed by atoms with Crippen LogP contribution in [0.2, 0.25) is 0 Å². The molecular formula is C19H17NO. The highest BCUT2D eigenvalue weighted by atomic mass is 16.1. The van der Waals surface area contributed by atoms with Crippen molar-refractivity contribution in [2.75, 3.05) is 0 Å². The van der Waals surface area contributed by atoms with E-state index in [0.717, 1.165) is 33.3 Å². The van der Waals surface area contributed by atoms with Gasteiger partial charge >= 0.3 is 0 Å². The first-order valence-electron chi connectivity index (χ1n) is 7.08. The van der Waals surface area contributed by atoms with Crippen LogP contribution in [0.15, 0.2) is 54.6 Å². The minimum Gasteiger partial charge on any atom is -0.294 e. The minimum absolute atomic E-state index is 0.115. The molecular weight excluding hydrogens is 258 g/mol. The monoisotopic (exact) mass is 275 g/mol. The van der Waals surface area contributed by atoms with Gasteiger partial charge in [-0.1, -0.05) is 41.5 Å². The summed E-state index contributed by atoms with van der Waals surface area (Å²) in [6.45, 7) is 4.02. The van der Waals surface area contributed by atoms with Gasteiger partial charge in [-0.2, -0.15) is 0 Å². The lowest BCUT2D eigenvalue weighted by Gasteiger charge is -2.05. The Hall–Kier alpha value is -2.48. The number of aryl methyl sites for hydroxylation is 2. The van der Waals surface area contributed by atoms with Crippen LogP contribution >= 0.6 is 0 Å². The molecule has 0 saturated carbocycles. The summed E-state index contributed by atoms with van der Waals surface area (Å²) in [5.74, 6) is 0.115. The Bertz CT molecular complexity index is 800. The lowest BCUT2D eigenvalue weighted by atomic mass is 10.0. The molecule has 0 amide bonds. The fourth-order valence-electron chi connectivity index (χ4n) is 2.61. The normalized spacial score (nSPS) is 10.8. The van der Waals surface area contributed by atoms with Crippen LogP contribution in [0.1, 0.15) is 27.2 Å². The SMILES string of the molecule is Cc1cc(C)cc(C(=O)Cc2ccc3ccccc3n2)c1. The third-order valence-electron chi connectivity index (χ3n) is 3.54.